The Bertz CT molecular complexity index is 459. The van der Waals surface area contributed by atoms with E-state index in [-0.39, 0.29) is 6.54 Å². The highest BCUT2D eigenvalue weighted by molar-refractivity contribution is 5.76. The Hall–Kier alpha value is -1.79. The molecule has 6 nitrogen and oxygen atoms in total. The third kappa shape index (κ3) is 4.40. The molecule has 0 aliphatic carbocycles. The van der Waals surface area contributed by atoms with Crippen LogP contribution < -0.4 is 14.8 Å². The van der Waals surface area contributed by atoms with Crippen LogP contribution in [-0.2, 0) is 11.2 Å². The number of ether oxygens (including phenoxy) is 2. The second-order valence-corrected chi connectivity index (χ2v) is 4.70. The molecule has 1 rings (SSSR count). The van der Waals surface area contributed by atoms with Crippen LogP contribution >= 0.6 is 0 Å². The SMILES string of the molecule is COc1ccc(CCNCC(C)(O)C(=O)O)cc1OC. The summed E-state index contributed by atoms with van der Waals surface area (Å²) in [5, 5.41) is 21.2. The number of carbonyl (C=O) groups is 1. The standard InChI is InChI=1S/C14H21NO5/c1-14(18,13(16)17)9-15-7-6-10-4-5-11(19-2)12(8-10)20-3/h4-5,8,15,18H,6-7,9H2,1-3H3,(H,16,17). The molecule has 0 amide bonds. The molecule has 3 N–H and O–H groups in total. The highest BCUT2D eigenvalue weighted by Crippen LogP contribution is 2.27. The maximum atomic E-state index is 10.7. The molecule has 1 aromatic rings. The molecule has 1 atom stereocenters. The van der Waals surface area contributed by atoms with Gasteiger partial charge in [0.1, 0.15) is 0 Å². The molecule has 112 valence electrons. The van der Waals surface area contributed by atoms with Gasteiger partial charge in [-0.1, -0.05) is 6.07 Å². The average molecular weight is 283 g/mol. The molecule has 1 unspecified atom stereocenters. The van der Waals surface area contributed by atoms with Crippen molar-refractivity contribution in [2.24, 2.45) is 0 Å². The smallest absolute Gasteiger partial charge is 0.336 e. The van der Waals surface area contributed by atoms with E-state index in [4.69, 9.17) is 14.6 Å². The zero-order chi connectivity index (χ0) is 15.2. The monoisotopic (exact) mass is 283 g/mol. The maximum Gasteiger partial charge on any atom is 0.336 e. The first-order valence-corrected chi connectivity index (χ1v) is 6.28. The van der Waals surface area contributed by atoms with Gasteiger partial charge in [-0.25, -0.2) is 4.79 Å². The number of nitrogens with one attached hydrogen (secondary N) is 1. The van der Waals surface area contributed by atoms with Crippen molar-refractivity contribution in [3.8, 4) is 11.5 Å². The molecular weight excluding hydrogens is 262 g/mol. The highest BCUT2D eigenvalue weighted by Gasteiger charge is 2.28. The number of carboxylic acids is 1. The fourth-order valence-electron chi connectivity index (χ4n) is 1.68. The van der Waals surface area contributed by atoms with Crippen LogP contribution in [0.2, 0.25) is 0 Å². The van der Waals surface area contributed by atoms with E-state index in [2.05, 4.69) is 5.32 Å². The van der Waals surface area contributed by atoms with E-state index in [1.807, 2.05) is 18.2 Å². The Morgan fingerprint density at radius 2 is 1.95 bits per heavy atom. The number of rotatable bonds is 8. The van der Waals surface area contributed by atoms with Gasteiger partial charge >= 0.3 is 5.97 Å². The Balaban J connectivity index is 2.49. The maximum absolute atomic E-state index is 10.7. The molecule has 0 saturated carbocycles. The van der Waals surface area contributed by atoms with Crippen LogP contribution in [0, 0.1) is 0 Å². The van der Waals surface area contributed by atoms with E-state index < -0.39 is 11.6 Å². The summed E-state index contributed by atoms with van der Waals surface area (Å²) in [6.45, 7) is 1.81. The lowest BCUT2D eigenvalue weighted by atomic mass is 10.1. The summed E-state index contributed by atoms with van der Waals surface area (Å²) in [5.74, 6) is 0.0802. The molecule has 0 aliphatic rings. The van der Waals surface area contributed by atoms with Gasteiger partial charge < -0.3 is 25.0 Å². The van der Waals surface area contributed by atoms with Crippen molar-refractivity contribution in [3.63, 3.8) is 0 Å². The quantitative estimate of drug-likeness (QED) is 0.608. The van der Waals surface area contributed by atoms with Crippen molar-refractivity contribution in [1.82, 2.24) is 5.32 Å². The first-order valence-electron chi connectivity index (χ1n) is 6.28. The fraction of sp³-hybridized carbons (Fsp3) is 0.500. The first kappa shape index (κ1) is 16.3. The Labute approximate surface area is 118 Å². The molecule has 0 aliphatic heterocycles. The second kappa shape index (κ2) is 7.12. The summed E-state index contributed by atoms with van der Waals surface area (Å²) >= 11 is 0. The third-order valence-electron chi connectivity index (χ3n) is 2.97. The van der Waals surface area contributed by atoms with E-state index in [9.17, 15) is 9.90 Å². The molecule has 0 fully saturated rings. The lowest BCUT2D eigenvalue weighted by molar-refractivity contribution is -0.156. The van der Waals surface area contributed by atoms with Crippen LogP contribution in [0.25, 0.3) is 0 Å². The second-order valence-electron chi connectivity index (χ2n) is 4.70. The molecule has 0 heterocycles. The van der Waals surface area contributed by atoms with Crippen molar-refractivity contribution < 1.29 is 24.5 Å². The van der Waals surface area contributed by atoms with E-state index in [1.54, 1.807) is 14.2 Å². The topological polar surface area (TPSA) is 88.0 Å². The average Bonchev–Trinajstić information content (AvgIpc) is 2.43. The molecule has 1 aromatic carbocycles. The minimum atomic E-state index is -1.75. The van der Waals surface area contributed by atoms with Crippen molar-refractivity contribution in [3.05, 3.63) is 23.8 Å². The molecule has 0 bridgehead atoms. The van der Waals surface area contributed by atoms with E-state index in [0.29, 0.717) is 24.5 Å². The van der Waals surface area contributed by atoms with Crippen molar-refractivity contribution in [2.75, 3.05) is 27.3 Å². The zero-order valence-electron chi connectivity index (χ0n) is 12.0. The predicted molar refractivity (Wildman–Crippen MR) is 74.4 cm³/mol. The lowest BCUT2D eigenvalue weighted by Gasteiger charge is -2.18. The van der Waals surface area contributed by atoms with Crippen molar-refractivity contribution in [2.45, 2.75) is 18.9 Å². The van der Waals surface area contributed by atoms with Crippen LogP contribution in [0.5, 0.6) is 11.5 Å². The lowest BCUT2D eigenvalue weighted by Crippen LogP contribution is -2.45. The van der Waals surface area contributed by atoms with Gasteiger partial charge in [-0.15, -0.1) is 0 Å². The molecule has 0 aromatic heterocycles. The fourth-order valence-corrected chi connectivity index (χ4v) is 1.68. The number of aliphatic carboxylic acids is 1. The van der Waals surface area contributed by atoms with Gasteiger partial charge in [-0.3, -0.25) is 0 Å². The van der Waals surface area contributed by atoms with Crippen LogP contribution in [0.4, 0.5) is 0 Å². The Morgan fingerprint density at radius 1 is 1.30 bits per heavy atom. The minimum Gasteiger partial charge on any atom is -0.493 e. The number of methoxy groups -OCH3 is 2. The van der Waals surface area contributed by atoms with Gasteiger partial charge in [0.2, 0.25) is 0 Å². The van der Waals surface area contributed by atoms with Crippen LogP contribution in [0.15, 0.2) is 18.2 Å². The molecule has 0 spiro atoms. The Morgan fingerprint density at radius 3 is 2.50 bits per heavy atom. The first-order chi connectivity index (χ1) is 9.40. The van der Waals surface area contributed by atoms with Gasteiger partial charge in [0.15, 0.2) is 17.1 Å². The zero-order valence-corrected chi connectivity index (χ0v) is 12.0. The van der Waals surface area contributed by atoms with Gasteiger partial charge in [-0.2, -0.15) is 0 Å². The molecule has 20 heavy (non-hydrogen) atoms. The van der Waals surface area contributed by atoms with Crippen molar-refractivity contribution in [1.29, 1.82) is 0 Å². The van der Waals surface area contributed by atoms with Crippen LogP contribution in [0.1, 0.15) is 12.5 Å². The molecule has 0 radical (unpaired) electrons. The number of hydrogen-bond donors (Lipinski definition) is 3. The van der Waals surface area contributed by atoms with Crippen LogP contribution in [-0.4, -0.2) is 49.1 Å². The summed E-state index contributed by atoms with van der Waals surface area (Å²) in [6, 6.07) is 5.61. The number of benzene rings is 1. The highest BCUT2D eigenvalue weighted by atomic mass is 16.5. The number of aliphatic hydroxyl groups is 1. The summed E-state index contributed by atoms with van der Waals surface area (Å²) in [4.78, 5) is 10.7. The normalized spacial score (nSPS) is 13.6. The van der Waals surface area contributed by atoms with Crippen LogP contribution in [0.3, 0.4) is 0 Å². The van der Waals surface area contributed by atoms with E-state index >= 15 is 0 Å². The van der Waals surface area contributed by atoms with Gasteiger partial charge in [0.25, 0.3) is 0 Å². The van der Waals surface area contributed by atoms with E-state index in [0.717, 1.165) is 5.56 Å². The summed E-state index contributed by atoms with van der Waals surface area (Å²) in [6.07, 6.45) is 0.691. The van der Waals surface area contributed by atoms with Gasteiger partial charge in [-0.05, 0) is 37.6 Å². The molecule has 6 heteroatoms. The third-order valence-corrected chi connectivity index (χ3v) is 2.97. The molecule has 0 saturated heterocycles. The Kier molecular flexibility index (Phi) is 5.79. The van der Waals surface area contributed by atoms with Gasteiger partial charge in [0, 0.05) is 6.54 Å². The summed E-state index contributed by atoms with van der Waals surface area (Å²) in [7, 11) is 3.15. The predicted octanol–water partition coefficient (Wildman–Crippen LogP) is 0.671. The van der Waals surface area contributed by atoms with E-state index in [1.165, 1.54) is 6.92 Å². The summed E-state index contributed by atoms with van der Waals surface area (Å²) < 4.78 is 10.4. The van der Waals surface area contributed by atoms with Gasteiger partial charge in [0.05, 0.1) is 14.2 Å². The number of hydrogen-bond acceptors (Lipinski definition) is 5. The molecular formula is C14H21NO5. The summed E-state index contributed by atoms with van der Waals surface area (Å²) in [5.41, 5.74) is -0.720. The number of carboxylic acid groups (broad SMARTS) is 1. The minimum absolute atomic E-state index is 0.00434. The van der Waals surface area contributed by atoms with Crippen molar-refractivity contribution >= 4 is 5.97 Å². The largest absolute Gasteiger partial charge is 0.493 e.